The van der Waals surface area contributed by atoms with E-state index in [1.165, 1.54) is 16.3 Å². The van der Waals surface area contributed by atoms with Crippen LogP contribution in [0.5, 0.6) is 5.75 Å². The zero-order valence-electron chi connectivity index (χ0n) is 12.9. The number of ether oxygens (including phenoxy) is 1. The monoisotopic (exact) mass is 364 g/mol. The molecule has 3 rings (SSSR count). The van der Waals surface area contributed by atoms with Crippen molar-refractivity contribution in [2.75, 3.05) is 26.4 Å². The van der Waals surface area contributed by atoms with E-state index in [9.17, 15) is 26.4 Å². The maximum atomic E-state index is 12.9. The van der Waals surface area contributed by atoms with E-state index >= 15 is 0 Å². The zero-order chi connectivity index (χ0) is 17.9. The third kappa shape index (κ3) is 2.84. The Morgan fingerprint density at radius 2 is 1.92 bits per heavy atom. The number of carbonyl (C=O) groups is 1. The van der Waals surface area contributed by atoms with Gasteiger partial charge in [0.05, 0.1) is 30.0 Å². The standard InChI is InChI=1S/C14H15F3N2O4S/c1-18-10-6-19(24(2,21)22)7-12(10)23-11-4-3-8(14(15,16)17)5-9(11)13(18)20/h3-5,10,12H,6-7H2,1-2H3/t10-,12+/m1/s1. The normalized spacial score (nSPS) is 25.0. The SMILES string of the molecule is CN1C(=O)c2cc(C(F)(F)F)ccc2O[C@H]2CN(S(C)(=O)=O)C[C@H]21. The molecular weight excluding hydrogens is 349 g/mol. The lowest BCUT2D eigenvalue weighted by atomic mass is 10.1. The van der Waals surface area contributed by atoms with Crippen LogP contribution in [0.4, 0.5) is 13.2 Å². The van der Waals surface area contributed by atoms with Crippen LogP contribution in [0.15, 0.2) is 18.2 Å². The van der Waals surface area contributed by atoms with E-state index in [4.69, 9.17) is 4.74 Å². The number of hydrogen-bond donors (Lipinski definition) is 0. The van der Waals surface area contributed by atoms with Gasteiger partial charge in [0.2, 0.25) is 10.0 Å². The highest BCUT2D eigenvalue weighted by Crippen LogP contribution is 2.36. The molecule has 2 heterocycles. The summed E-state index contributed by atoms with van der Waals surface area (Å²) in [5.41, 5.74) is -1.11. The molecule has 24 heavy (non-hydrogen) atoms. The van der Waals surface area contributed by atoms with Crippen LogP contribution in [0.2, 0.25) is 0 Å². The Kier molecular flexibility index (Phi) is 3.79. The molecule has 132 valence electrons. The third-order valence-corrected chi connectivity index (χ3v) is 5.54. The molecule has 0 radical (unpaired) electrons. The van der Waals surface area contributed by atoms with Crippen molar-refractivity contribution in [1.82, 2.24) is 9.21 Å². The van der Waals surface area contributed by atoms with Gasteiger partial charge in [-0.25, -0.2) is 8.42 Å². The predicted octanol–water partition coefficient (Wildman–Crippen LogP) is 1.18. The molecule has 1 aromatic carbocycles. The van der Waals surface area contributed by atoms with Gasteiger partial charge in [0, 0.05) is 13.6 Å². The summed E-state index contributed by atoms with van der Waals surface area (Å²) in [4.78, 5) is 13.8. The lowest BCUT2D eigenvalue weighted by molar-refractivity contribution is -0.137. The van der Waals surface area contributed by atoms with E-state index in [1.807, 2.05) is 0 Å². The van der Waals surface area contributed by atoms with E-state index in [0.717, 1.165) is 24.5 Å². The van der Waals surface area contributed by atoms with Gasteiger partial charge in [-0.15, -0.1) is 0 Å². The summed E-state index contributed by atoms with van der Waals surface area (Å²) in [7, 11) is -2.02. The molecule has 0 aromatic heterocycles. The van der Waals surface area contributed by atoms with Gasteiger partial charge in [-0.2, -0.15) is 17.5 Å². The lowest BCUT2D eigenvalue weighted by Crippen LogP contribution is -2.44. The van der Waals surface area contributed by atoms with Crippen molar-refractivity contribution in [3.05, 3.63) is 29.3 Å². The molecule has 6 nitrogen and oxygen atoms in total. The van der Waals surface area contributed by atoms with Gasteiger partial charge in [0.1, 0.15) is 11.9 Å². The molecule has 0 spiro atoms. The molecule has 0 saturated carbocycles. The van der Waals surface area contributed by atoms with Crippen LogP contribution in [0.1, 0.15) is 15.9 Å². The third-order valence-electron chi connectivity index (χ3n) is 4.31. The van der Waals surface area contributed by atoms with Gasteiger partial charge >= 0.3 is 6.18 Å². The maximum absolute atomic E-state index is 12.9. The summed E-state index contributed by atoms with van der Waals surface area (Å²) in [6.07, 6.45) is -4.14. The van der Waals surface area contributed by atoms with Crippen LogP contribution in [-0.2, 0) is 16.2 Å². The highest BCUT2D eigenvalue weighted by Gasteiger charge is 2.45. The van der Waals surface area contributed by atoms with E-state index < -0.39 is 39.8 Å². The Balaban J connectivity index is 2.00. The Morgan fingerprint density at radius 3 is 2.50 bits per heavy atom. The van der Waals surface area contributed by atoms with Crippen LogP contribution in [0.25, 0.3) is 0 Å². The second-order valence-electron chi connectivity index (χ2n) is 5.93. The maximum Gasteiger partial charge on any atom is 0.416 e. The average molecular weight is 364 g/mol. The smallest absolute Gasteiger partial charge is 0.416 e. The summed E-state index contributed by atoms with van der Waals surface area (Å²) in [6.45, 7) is 0.0907. The number of likely N-dealkylation sites (N-methyl/N-ethyl adjacent to an activating group) is 1. The second kappa shape index (κ2) is 5.35. The number of sulfonamides is 1. The minimum Gasteiger partial charge on any atom is -0.486 e. The highest BCUT2D eigenvalue weighted by atomic mass is 32.2. The van der Waals surface area contributed by atoms with Crippen LogP contribution < -0.4 is 4.74 Å². The van der Waals surface area contributed by atoms with Crippen LogP contribution >= 0.6 is 0 Å². The number of hydrogen-bond acceptors (Lipinski definition) is 4. The summed E-state index contributed by atoms with van der Waals surface area (Å²) in [6, 6.07) is 2.16. The number of fused-ring (bicyclic) bond motifs is 2. The van der Waals surface area contributed by atoms with Gasteiger partial charge in [-0.3, -0.25) is 4.79 Å². The molecule has 0 unspecified atom stereocenters. The fourth-order valence-corrected chi connectivity index (χ4v) is 3.80. The Labute approximate surface area is 136 Å². The molecule has 1 amide bonds. The molecule has 1 saturated heterocycles. The van der Waals surface area contributed by atoms with Gasteiger partial charge < -0.3 is 9.64 Å². The number of halogens is 3. The van der Waals surface area contributed by atoms with Gasteiger partial charge in [0.25, 0.3) is 5.91 Å². The number of rotatable bonds is 1. The minimum atomic E-state index is -4.57. The highest BCUT2D eigenvalue weighted by molar-refractivity contribution is 7.88. The van der Waals surface area contributed by atoms with Crippen molar-refractivity contribution >= 4 is 15.9 Å². The molecule has 1 fully saturated rings. The lowest BCUT2D eigenvalue weighted by Gasteiger charge is -2.25. The summed E-state index contributed by atoms with van der Waals surface area (Å²) in [5, 5.41) is 0. The first kappa shape index (κ1) is 17.0. The average Bonchev–Trinajstić information content (AvgIpc) is 2.85. The molecule has 2 aliphatic heterocycles. The molecule has 0 bridgehead atoms. The predicted molar refractivity (Wildman–Crippen MR) is 78.2 cm³/mol. The molecule has 0 aliphatic carbocycles. The number of amides is 1. The largest absolute Gasteiger partial charge is 0.486 e. The quantitative estimate of drug-likeness (QED) is 0.751. The number of benzene rings is 1. The Morgan fingerprint density at radius 1 is 1.25 bits per heavy atom. The molecule has 1 aromatic rings. The van der Waals surface area contributed by atoms with Crippen LogP contribution in [0.3, 0.4) is 0 Å². The topological polar surface area (TPSA) is 66.9 Å². The first-order valence-electron chi connectivity index (χ1n) is 7.08. The summed E-state index contributed by atoms with van der Waals surface area (Å²) in [5.74, 6) is -0.596. The van der Waals surface area contributed by atoms with Crippen molar-refractivity contribution < 1.29 is 31.1 Å². The van der Waals surface area contributed by atoms with Crippen LogP contribution in [-0.4, -0.2) is 62.1 Å². The Hall–Kier alpha value is -1.81. The second-order valence-corrected chi connectivity index (χ2v) is 7.91. The summed E-state index contributed by atoms with van der Waals surface area (Å²) >= 11 is 0. The number of alkyl halides is 3. The van der Waals surface area contributed by atoms with Crippen molar-refractivity contribution in [3.63, 3.8) is 0 Å². The van der Waals surface area contributed by atoms with Crippen molar-refractivity contribution in [3.8, 4) is 5.75 Å². The summed E-state index contributed by atoms with van der Waals surface area (Å²) < 4.78 is 68.8. The fraction of sp³-hybridized carbons (Fsp3) is 0.500. The molecule has 0 N–H and O–H groups in total. The van der Waals surface area contributed by atoms with Crippen molar-refractivity contribution in [2.45, 2.75) is 18.3 Å². The van der Waals surface area contributed by atoms with E-state index in [0.29, 0.717) is 0 Å². The van der Waals surface area contributed by atoms with E-state index in [-0.39, 0.29) is 24.4 Å². The Bertz CT molecular complexity index is 794. The van der Waals surface area contributed by atoms with Gasteiger partial charge in [-0.05, 0) is 18.2 Å². The number of carbonyl (C=O) groups excluding carboxylic acids is 1. The molecule has 2 aliphatic rings. The van der Waals surface area contributed by atoms with Crippen molar-refractivity contribution in [1.29, 1.82) is 0 Å². The van der Waals surface area contributed by atoms with Crippen molar-refractivity contribution in [2.24, 2.45) is 0 Å². The first-order chi connectivity index (χ1) is 11.0. The zero-order valence-corrected chi connectivity index (χ0v) is 13.7. The van der Waals surface area contributed by atoms with Gasteiger partial charge in [-0.1, -0.05) is 0 Å². The van der Waals surface area contributed by atoms with Gasteiger partial charge in [0.15, 0.2) is 0 Å². The molecular formula is C14H15F3N2O4S. The minimum absolute atomic E-state index is 0.0303. The van der Waals surface area contributed by atoms with E-state index in [2.05, 4.69) is 0 Å². The van der Waals surface area contributed by atoms with E-state index in [1.54, 1.807) is 0 Å². The van der Waals surface area contributed by atoms with Crippen LogP contribution in [0, 0.1) is 0 Å². The molecule has 2 atom stereocenters. The fourth-order valence-electron chi connectivity index (χ4n) is 2.96. The molecule has 10 heteroatoms. The number of nitrogens with zero attached hydrogens (tertiary/aromatic N) is 2. The first-order valence-corrected chi connectivity index (χ1v) is 8.93.